The Bertz CT molecular complexity index is 1080. The molecule has 0 N–H and O–H groups in total. The van der Waals surface area contributed by atoms with Gasteiger partial charge in [-0.2, -0.15) is 0 Å². The Hall–Kier alpha value is -2.66. The molecule has 346 valence electrons. The van der Waals surface area contributed by atoms with Gasteiger partial charge in [-0.15, -0.1) is 0 Å². The SMILES string of the molecule is CC/C=C\C/C=C\C/C=C\CCCCCCOCC(COC(=O)CCCCCCCCCCC/C=C\C/C=C\CCCCC)OC(=O)CCCCCCC/C=C\CCCC. The molecule has 0 saturated heterocycles. The monoisotopic (exact) mass is 837 g/mol. The van der Waals surface area contributed by atoms with Gasteiger partial charge in [-0.3, -0.25) is 9.59 Å². The van der Waals surface area contributed by atoms with E-state index in [9.17, 15) is 9.59 Å². The third kappa shape index (κ3) is 48.0. The highest BCUT2D eigenvalue weighted by Gasteiger charge is 2.17. The predicted molar refractivity (Wildman–Crippen MR) is 260 cm³/mol. The summed E-state index contributed by atoms with van der Waals surface area (Å²) in [6.45, 7) is 7.60. The molecule has 1 unspecified atom stereocenters. The fourth-order valence-corrected chi connectivity index (χ4v) is 6.89. The van der Waals surface area contributed by atoms with Crippen LogP contribution in [0.1, 0.15) is 239 Å². The van der Waals surface area contributed by atoms with Gasteiger partial charge in [0.2, 0.25) is 0 Å². The van der Waals surface area contributed by atoms with E-state index in [1.807, 2.05) is 0 Å². The Kier molecular flexibility index (Phi) is 48.4. The Balaban J connectivity index is 4.25. The van der Waals surface area contributed by atoms with Crippen LogP contribution in [0.5, 0.6) is 0 Å². The van der Waals surface area contributed by atoms with E-state index in [0.29, 0.717) is 19.4 Å². The highest BCUT2D eigenvalue weighted by Crippen LogP contribution is 2.14. The minimum atomic E-state index is -0.555. The third-order valence-corrected chi connectivity index (χ3v) is 10.7. The Morgan fingerprint density at radius 2 is 0.767 bits per heavy atom. The van der Waals surface area contributed by atoms with Crippen LogP contribution in [0.4, 0.5) is 0 Å². The van der Waals surface area contributed by atoms with Crippen molar-refractivity contribution >= 4 is 11.9 Å². The van der Waals surface area contributed by atoms with Gasteiger partial charge >= 0.3 is 11.9 Å². The minimum Gasteiger partial charge on any atom is -0.462 e. The highest BCUT2D eigenvalue weighted by atomic mass is 16.6. The van der Waals surface area contributed by atoms with Gasteiger partial charge in [-0.05, 0) is 103 Å². The van der Waals surface area contributed by atoms with Crippen molar-refractivity contribution in [1.82, 2.24) is 0 Å². The van der Waals surface area contributed by atoms with Crippen molar-refractivity contribution in [2.75, 3.05) is 19.8 Å². The van der Waals surface area contributed by atoms with Gasteiger partial charge in [0.05, 0.1) is 6.61 Å². The maximum absolute atomic E-state index is 12.7. The second-order valence-electron chi connectivity index (χ2n) is 16.7. The molecule has 0 bridgehead atoms. The molecule has 0 heterocycles. The number of hydrogen-bond donors (Lipinski definition) is 0. The topological polar surface area (TPSA) is 61.8 Å². The molecule has 0 aliphatic carbocycles. The molecule has 0 fully saturated rings. The van der Waals surface area contributed by atoms with E-state index in [1.54, 1.807) is 0 Å². The van der Waals surface area contributed by atoms with E-state index >= 15 is 0 Å². The molecule has 0 aliphatic rings. The molecule has 0 aromatic heterocycles. The molecule has 1 atom stereocenters. The molecule has 5 nitrogen and oxygen atoms in total. The third-order valence-electron chi connectivity index (χ3n) is 10.7. The Morgan fingerprint density at radius 1 is 0.383 bits per heavy atom. The summed E-state index contributed by atoms with van der Waals surface area (Å²) in [5.74, 6) is -0.425. The van der Waals surface area contributed by atoms with Crippen LogP contribution in [0.2, 0.25) is 0 Å². The lowest BCUT2D eigenvalue weighted by atomic mass is 10.1. The number of unbranched alkanes of at least 4 members (excludes halogenated alkanes) is 23. The molecule has 0 amide bonds. The van der Waals surface area contributed by atoms with Crippen LogP contribution in [0.15, 0.2) is 72.9 Å². The van der Waals surface area contributed by atoms with E-state index in [2.05, 4.69) is 93.7 Å². The first-order valence-corrected chi connectivity index (χ1v) is 25.5. The van der Waals surface area contributed by atoms with Crippen LogP contribution >= 0.6 is 0 Å². The zero-order chi connectivity index (χ0) is 43.5. The second-order valence-corrected chi connectivity index (χ2v) is 16.7. The van der Waals surface area contributed by atoms with Gasteiger partial charge in [0.25, 0.3) is 0 Å². The first-order valence-electron chi connectivity index (χ1n) is 25.5. The van der Waals surface area contributed by atoms with Crippen molar-refractivity contribution in [3.05, 3.63) is 72.9 Å². The van der Waals surface area contributed by atoms with E-state index in [4.69, 9.17) is 14.2 Å². The van der Waals surface area contributed by atoms with Crippen molar-refractivity contribution in [2.24, 2.45) is 0 Å². The lowest BCUT2D eigenvalue weighted by Crippen LogP contribution is -2.30. The summed E-state index contributed by atoms with van der Waals surface area (Å²) in [6.07, 6.45) is 64.8. The van der Waals surface area contributed by atoms with Crippen molar-refractivity contribution in [1.29, 1.82) is 0 Å². The molecule has 0 aromatic carbocycles. The predicted octanol–water partition coefficient (Wildman–Crippen LogP) is 17.1. The van der Waals surface area contributed by atoms with Crippen LogP contribution in [-0.2, 0) is 23.8 Å². The van der Waals surface area contributed by atoms with Gasteiger partial charge in [-0.25, -0.2) is 0 Å². The molecule has 0 radical (unpaired) electrons. The first kappa shape index (κ1) is 57.3. The fraction of sp³-hybridized carbons (Fsp3) is 0.745. The minimum absolute atomic E-state index is 0.0687. The van der Waals surface area contributed by atoms with Crippen LogP contribution in [0, 0.1) is 0 Å². The van der Waals surface area contributed by atoms with E-state index in [-0.39, 0.29) is 25.2 Å². The number of ether oxygens (including phenoxy) is 3. The summed E-state index contributed by atoms with van der Waals surface area (Å²) in [6, 6.07) is 0. The summed E-state index contributed by atoms with van der Waals surface area (Å²) in [4.78, 5) is 25.3. The average molecular weight is 837 g/mol. The zero-order valence-corrected chi connectivity index (χ0v) is 39.7. The first-order chi connectivity index (χ1) is 29.6. The Morgan fingerprint density at radius 3 is 1.27 bits per heavy atom. The number of carbonyl (C=O) groups excluding carboxylic acids is 2. The Labute approximate surface area is 372 Å². The van der Waals surface area contributed by atoms with Gasteiger partial charge < -0.3 is 14.2 Å². The summed E-state index contributed by atoms with van der Waals surface area (Å²) < 4.78 is 17.3. The molecule has 0 spiro atoms. The maximum Gasteiger partial charge on any atom is 0.306 e. The average Bonchev–Trinajstić information content (AvgIpc) is 3.25. The lowest BCUT2D eigenvalue weighted by Gasteiger charge is -2.18. The number of allylic oxidation sites excluding steroid dienone is 12. The molecule has 60 heavy (non-hydrogen) atoms. The van der Waals surface area contributed by atoms with Gasteiger partial charge in [0.1, 0.15) is 6.61 Å². The molecule has 0 aliphatic heterocycles. The molecular formula is C55H96O5. The molecular weight excluding hydrogens is 741 g/mol. The van der Waals surface area contributed by atoms with Crippen LogP contribution in [-0.4, -0.2) is 37.9 Å². The van der Waals surface area contributed by atoms with Gasteiger partial charge in [-0.1, -0.05) is 196 Å². The summed E-state index contributed by atoms with van der Waals surface area (Å²) in [5, 5.41) is 0. The van der Waals surface area contributed by atoms with Crippen LogP contribution < -0.4 is 0 Å². The van der Waals surface area contributed by atoms with Crippen LogP contribution in [0.25, 0.3) is 0 Å². The fourth-order valence-electron chi connectivity index (χ4n) is 6.89. The molecule has 0 saturated carbocycles. The van der Waals surface area contributed by atoms with Crippen molar-refractivity contribution in [3.8, 4) is 0 Å². The summed E-state index contributed by atoms with van der Waals surface area (Å²) >= 11 is 0. The standard InChI is InChI=1S/C55H96O5/c1-4-7-10-13-16-19-22-24-26-27-28-29-30-31-34-36-39-42-45-48-54(56)59-52-53(60-55(57)49-46-43-40-37-33-21-18-15-12-9-6-3)51-58-50-47-44-41-38-35-32-25-23-20-17-14-11-8-5-2/h8,11,15-20,24-26,32,53H,4-7,9-10,12-14,21-23,27-31,33-52H2,1-3H3/b11-8-,18-15-,19-16-,20-17-,26-24-,32-25-. The number of carbonyl (C=O) groups is 2. The quantitative estimate of drug-likeness (QED) is 0.0347. The smallest absolute Gasteiger partial charge is 0.306 e. The normalized spacial score (nSPS) is 12.8. The van der Waals surface area contributed by atoms with Crippen molar-refractivity contribution in [2.45, 2.75) is 245 Å². The van der Waals surface area contributed by atoms with E-state index < -0.39 is 6.10 Å². The van der Waals surface area contributed by atoms with E-state index in [1.165, 1.54) is 116 Å². The van der Waals surface area contributed by atoms with E-state index in [0.717, 1.165) is 89.9 Å². The highest BCUT2D eigenvalue weighted by molar-refractivity contribution is 5.70. The largest absolute Gasteiger partial charge is 0.462 e. The molecule has 0 aromatic rings. The zero-order valence-electron chi connectivity index (χ0n) is 39.7. The maximum atomic E-state index is 12.7. The number of esters is 2. The van der Waals surface area contributed by atoms with Crippen LogP contribution in [0.3, 0.4) is 0 Å². The van der Waals surface area contributed by atoms with Crippen molar-refractivity contribution < 1.29 is 23.8 Å². The van der Waals surface area contributed by atoms with Crippen molar-refractivity contribution in [3.63, 3.8) is 0 Å². The summed E-state index contributed by atoms with van der Waals surface area (Å²) in [7, 11) is 0. The second kappa shape index (κ2) is 50.7. The lowest BCUT2D eigenvalue weighted by molar-refractivity contribution is -0.163. The number of rotatable bonds is 46. The molecule has 5 heteroatoms. The number of hydrogen-bond acceptors (Lipinski definition) is 5. The summed E-state index contributed by atoms with van der Waals surface area (Å²) in [5.41, 5.74) is 0. The molecule has 0 rings (SSSR count). The van der Waals surface area contributed by atoms with Gasteiger partial charge in [0, 0.05) is 19.4 Å². The van der Waals surface area contributed by atoms with Gasteiger partial charge in [0.15, 0.2) is 6.10 Å².